The van der Waals surface area contributed by atoms with E-state index in [2.05, 4.69) is 5.32 Å². The van der Waals surface area contributed by atoms with E-state index in [9.17, 15) is 24.0 Å². The highest BCUT2D eigenvalue weighted by Gasteiger charge is 2.36. The molecular formula is C27H29N3O7. The van der Waals surface area contributed by atoms with E-state index >= 15 is 0 Å². The second-order valence-electron chi connectivity index (χ2n) is 9.03. The smallest absolute Gasteiger partial charge is 0.308 e. The van der Waals surface area contributed by atoms with Gasteiger partial charge in [-0.1, -0.05) is 6.07 Å². The van der Waals surface area contributed by atoms with E-state index in [1.165, 1.54) is 30.0 Å². The molecule has 0 aromatic heterocycles. The van der Waals surface area contributed by atoms with Gasteiger partial charge in [-0.05, 0) is 55.7 Å². The summed E-state index contributed by atoms with van der Waals surface area (Å²) in [5.74, 6) is -1.42. The first-order chi connectivity index (χ1) is 17.8. The number of amides is 4. The largest absolute Gasteiger partial charge is 0.427 e. The zero-order valence-corrected chi connectivity index (χ0v) is 20.8. The summed E-state index contributed by atoms with van der Waals surface area (Å²) in [5, 5.41) is 2.97. The van der Waals surface area contributed by atoms with E-state index in [0.29, 0.717) is 61.4 Å². The van der Waals surface area contributed by atoms with E-state index in [0.717, 1.165) is 0 Å². The molecule has 2 aliphatic rings. The molecule has 4 rings (SSSR count). The van der Waals surface area contributed by atoms with Crippen molar-refractivity contribution in [3.63, 3.8) is 0 Å². The van der Waals surface area contributed by atoms with Gasteiger partial charge in [-0.3, -0.25) is 28.9 Å². The number of nitrogens with zero attached hydrogens (tertiary/aromatic N) is 2. The van der Waals surface area contributed by atoms with Crippen molar-refractivity contribution < 1.29 is 33.4 Å². The fourth-order valence-electron chi connectivity index (χ4n) is 4.54. The van der Waals surface area contributed by atoms with Gasteiger partial charge in [-0.2, -0.15) is 0 Å². The number of methoxy groups -OCH3 is 1. The lowest BCUT2D eigenvalue weighted by molar-refractivity contribution is -0.131. The van der Waals surface area contributed by atoms with Crippen LogP contribution in [-0.4, -0.2) is 78.8 Å². The lowest BCUT2D eigenvalue weighted by Crippen LogP contribution is -2.46. The minimum Gasteiger partial charge on any atom is -0.427 e. The van der Waals surface area contributed by atoms with Crippen LogP contribution < -0.4 is 10.1 Å². The van der Waals surface area contributed by atoms with E-state index in [1.54, 1.807) is 36.3 Å². The van der Waals surface area contributed by atoms with Crippen molar-refractivity contribution in [1.29, 1.82) is 0 Å². The van der Waals surface area contributed by atoms with Crippen LogP contribution in [0.3, 0.4) is 0 Å². The number of esters is 1. The molecule has 1 fully saturated rings. The topological polar surface area (TPSA) is 122 Å². The number of ether oxygens (including phenoxy) is 2. The van der Waals surface area contributed by atoms with Crippen molar-refractivity contribution >= 4 is 29.6 Å². The van der Waals surface area contributed by atoms with Crippen LogP contribution in [0.15, 0.2) is 42.5 Å². The van der Waals surface area contributed by atoms with Crippen LogP contribution >= 0.6 is 0 Å². The summed E-state index contributed by atoms with van der Waals surface area (Å²) < 4.78 is 10.0. The van der Waals surface area contributed by atoms with Crippen LogP contribution in [0.5, 0.6) is 5.75 Å². The molecule has 0 saturated carbocycles. The van der Waals surface area contributed by atoms with Gasteiger partial charge in [-0.15, -0.1) is 0 Å². The number of nitrogens with one attached hydrogen (secondary N) is 1. The summed E-state index contributed by atoms with van der Waals surface area (Å²) in [6, 6.07) is 10.9. The maximum Gasteiger partial charge on any atom is 0.308 e. The highest BCUT2D eigenvalue weighted by molar-refractivity contribution is 6.22. The molecule has 0 unspecified atom stereocenters. The molecule has 1 N–H and O–H groups in total. The molecule has 194 valence electrons. The van der Waals surface area contributed by atoms with Crippen LogP contribution in [0.1, 0.15) is 67.6 Å². The molecule has 0 spiro atoms. The minimum atomic E-state index is -0.465. The monoisotopic (exact) mass is 507 g/mol. The number of hydrogen-bond acceptors (Lipinski definition) is 7. The van der Waals surface area contributed by atoms with Crippen molar-refractivity contribution in [3.05, 3.63) is 64.7 Å². The maximum atomic E-state index is 13.1. The van der Waals surface area contributed by atoms with Gasteiger partial charge >= 0.3 is 5.97 Å². The lowest BCUT2D eigenvalue weighted by Gasteiger charge is -2.32. The molecule has 10 nitrogen and oxygen atoms in total. The van der Waals surface area contributed by atoms with Crippen molar-refractivity contribution in [2.24, 2.45) is 0 Å². The average molecular weight is 508 g/mol. The van der Waals surface area contributed by atoms with Crippen LogP contribution in [0.25, 0.3) is 0 Å². The van der Waals surface area contributed by atoms with E-state index in [-0.39, 0.29) is 35.9 Å². The number of imide groups is 1. The first-order valence-corrected chi connectivity index (χ1v) is 12.2. The van der Waals surface area contributed by atoms with Gasteiger partial charge in [0, 0.05) is 57.4 Å². The predicted octanol–water partition coefficient (Wildman–Crippen LogP) is 2.28. The average Bonchev–Trinajstić information content (AvgIpc) is 3.13. The molecule has 2 aromatic rings. The van der Waals surface area contributed by atoms with Gasteiger partial charge in [0.2, 0.25) is 0 Å². The Kier molecular flexibility index (Phi) is 7.98. The molecule has 0 atom stereocenters. The van der Waals surface area contributed by atoms with Gasteiger partial charge < -0.3 is 19.7 Å². The van der Waals surface area contributed by atoms with E-state index < -0.39 is 11.9 Å². The van der Waals surface area contributed by atoms with E-state index in [4.69, 9.17) is 9.47 Å². The maximum absolute atomic E-state index is 13.1. The predicted molar refractivity (Wildman–Crippen MR) is 132 cm³/mol. The number of rotatable bonds is 8. The Balaban J connectivity index is 1.34. The van der Waals surface area contributed by atoms with Gasteiger partial charge in [0.1, 0.15) is 5.75 Å². The van der Waals surface area contributed by atoms with Crippen molar-refractivity contribution in [2.75, 3.05) is 33.4 Å². The molecule has 10 heteroatoms. The number of hydrogen-bond donors (Lipinski definition) is 1. The quantitative estimate of drug-likeness (QED) is 0.252. The third-order valence-electron chi connectivity index (χ3n) is 6.42. The first kappa shape index (κ1) is 26.0. The molecule has 2 aromatic carbocycles. The first-order valence-electron chi connectivity index (χ1n) is 12.2. The number of carbonyl (C=O) groups is 5. The Morgan fingerprint density at radius 1 is 0.973 bits per heavy atom. The molecule has 4 amide bonds. The van der Waals surface area contributed by atoms with Crippen molar-refractivity contribution in [1.82, 2.24) is 15.1 Å². The van der Waals surface area contributed by atoms with E-state index in [1.807, 2.05) is 0 Å². The highest BCUT2D eigenvalue weighted by Crippen LogP contribution is 2.25. The van der Waals surface area contributed by atoms with Crippen LogP contribution in [0, 0.1) is 0 Å². The molecular weight excluding hydrogens is 478 g/mol. The zero-order chi connectivity index (χ0) is 26.5. The van der Waals surface area contributed by atoms with Gasteiger partial charge in [0.15, 0.2) is 0 Å². The summed E-state index contributed by atoms with van der Waals surface area (Å²) in [6.45, 7) is 2.86. The molecule has 0 aliphatic carbocycles. The number of piperidine rings is 1. The number of carbonyl (C=O) groups excluding carboxylic acids is 5. The Labute approximate surface area is 214 Å². The Morgan fingerprint density at radius 2 is 1.70 bits per heavy atom. The second kappa shape index (κ2) is 11.3. The third-order valence-corrected chi connectivity index (χ3v) is 6.42. The standard InChI is InChI=1S/C27H29N3O7/c1-17(31)37-21-6-3-5-18(15-21)24(32)28-20-9-12-29(13-10-20)25(33)19-7-8-22-23(16-19)27(35)30(26(22)34)11-4-14-36-2/h3,5-8,15-16,20H,4,9-14H2,1-2H3,(H,28,32). The van der Waals surface area contributed by atoms with Crippen LogP contribution in [0.2, 0.25) is 0 Å². The molecule has 37 heavy (non-hydrogen) atoms. The third kappa shape index (κ3) is 5.86. The zero-order valence-electron chi connectivity index (χ0n) is 20.8. The summed E-state index contributed by atoms with van der Waals surface area (Å²) in [4.78, 5) is 65.2. The molecule has 0 radical (unpaired) electrons. The molecule has 2 aliphatic heterocycles. The molecule has 2 heterocycles. The van der Waals surface area contributed by atoms with Gasteiger partial charge in [-0.25, -0.2) is 0 Å². The molecule has 0 bridgehead atoms. The fourth-order valence-corrected chi connectivity index (χ4v) is 4.54. The van der Waals surface area contributed by atoms with Crippen molar-refractivity contribution in [2.45, 2.75) is 32.2 Å². The number of likely N-dealkylation sites (tertiary alicyclic amines) is 1. The Morgan fingerprint density at radius 3 is 2.41 bits per heavy atom. The second-order valence-corrected chi connectivity index (χ2v) is 9.03. The summed E-state index contributed by atoms with van der Waals surface area (Å²) in [7, 11) is 1.56. The summed E-state index contributed by atoms with van der Waals surface area (Å²) >= 11 is 0. The van der Waals surface area contributed by atoms with Crippen LogP contribution in [0.4, 0.5) is 0 Å². The van der Waals surface area contributed by atoms with Gasteiger partial charge in [0.25, 0.3) is 23.6 Å². The molecule has 1 saturated heterocycles. The summed E-state index contributed by atoms with van der Waals surface area (Å²) in [5.41, 5.74) is 1.28. The minimum absolute atomic E-state index is 0.117. The SMILES string of the molecule is COCCCN1C(=O)c2ccc(C(=O)N3CCC(NC(=O)c4cccc(OC(C)=O)c4)CC3)cc2C1=O. The van der Waals surface area contributed by atoms with Gasteiger partial charge in [0.05, 0.1) is 11.1 Å². The Hall–Kier alpha value is -4.05. The number of benzene rings is 2. The lowest BCUT2D eigenvalue weighted by atomic mass is 10.0. The fraction of sp³-hybridized carbons (Fsp3) is 0.370. The summed E-state index contributed by atoms with van der Waals surface area (Å²) in [6.07, 6.45) is 1.67. The van der Waals surface area contributed by atoms with Crippen LogP contribution in [-0.2, 0) is 9.53 Å². The number of fused-ring (bicyclic) bond motifs is 1. The highest BCUT2D eigenvalue weighted by atomic mass is 16.5. The van der Waals surface area contributed by atoms with Crippen molar-refractivity contribution in [3.8, 4) is 5.75 Å². The Bertz CT molecular complexity index is 1230. The normalized spacial score (nSPS) is 15.5.